The summed E-state index contributed by atoms with van der Waals surface area (Å²) in [5.41, 5.74) is 0. The van der Waals surface area contributed by atoms with Gasteiger partial charge < -0.3 is 5.32 Å². The summed E-state index contributed by atoms with van der Waals surface area (Å²) in [6.07, 6.45) is 1.46. The Morgan fingerprint density at radius 1 is 1.91 bits per heavy atom. The van der Waals surface area contributed by atoms with Gasteiger partial charge in [-0.3, -0.25) is 14.4 Å². The van der Waals surface area contributed by atoms with Crippen LogP contribution in [0.15, 0.2) is 0 Å². The van der Waals surface area contributed by atoms with Crippen LogP contribution in [0.1, 0.15) is 6.92 Å². The summed E-state index contributed by atoms with van der Waals surface area (Å²) in [6, 6.07) is -0.549. The Balaban J connectivity index is 2.48. The summed E-state index contributed by atoms with van der Waals surface area (Å²) in [7, 11) is 0. The average molecular weight is 157 g/mol. The number of rotatable bonds is 3. The van der Waals surface area contributed by atoms with Crippen molar-refractivity contribution in [2.45, 2.75) is 13.0 Å². The van der Waals surface area contributed by atoms with Crippen LogP contribution in [0.25, 0.3) is 0 Å². The molecule has 1 fully saturated rings. The number of hydrogen-bond donors (Lipinski definition) is 1. The first kappa shape index (κ1) is 8.00. The van der Waals surface area contributed by atoms with E-state index in [4.69, 9.17) is 4.84 Å². The minimum absolute atomic E-state index is 0.210. The minimum atomic E-state index is -0.549. The molecule has 2 amide bonds. The molecule has 0 aromatic rings. The molecule has 11 heavy (non-hydrogen) atoms. The molecule has 0 bridgehead atoms. The van der Waals surface area contributed by atoms with E-state index in [0.717, 1.165) is 0 Å². The Morgan fingerprint density at radius 2 is 2.64 bits per heavy atom. The van der Waals surface area contributed by atoms with Crippen molar-refractivity contribution in [3.8, 4) is 0 Å². The summed E-state index contributed by atoms with van der Waals surface area (Å²) in [4.78, 5) is 25.8. The van der Waals surface area contributed by atoms with E-state index in [1.54, 1.807) is 6.92 Å². The number of hydroxylamine groups is 2. The molecule has 1 heterocycles. The fourth-order valence-corrected chi connectivity index (χ4v) is 0.895. The molecule has 1 unspecified atom stereocenters. The van der Waals surface area contributed by atoms with Crippen LogP contribution in [0, 0.1) is 0 Å². The second kappa shape index (κ2) is 3.34. The largest absolute Gasteiger partial charge is 0.334 e. The van der Waals surface area contributed by atoms with E-state index >= 15 is 0 Å². The van der Waals surface area contributed by atoms with E-state index in [1.165, 1.54) is 11.5 Å². The molecule has 1 atom stereocenters. The van der Waals surface area contributed by atoms with Crippen LogP contribution < -0.4 is 5.32 Å². The summed E-state index contributed by atoms with van der Waals surface area (Å²) in [6.45, 7) is 2.50. The van der Waals surface area contributed by atoms with Gasteiger partial charge in [0.2, 0.25) is 0 Å². The Labute approximate surface area is 64.3 Å². The monoisotopic (exact) mass is 157 g/mol. The van der Waals surface area contributed by atoms with Crippen molar-refractivity contribution in [1.29, 1.82) is 0 Å². The SMILES string of the molecule is CCN1OCC(N[C]=O)C1=O. The predicted molar refractivity (Wildman–Crippen MR) is 36.0 cm³/mol. The quantitative estimate of drug-likeness (QED) is 0.524. The maximum Gasteiger partial charge on any atom is 0.310 e. The second-order valence-electron chi connectivity index (χ2n) is 2.13. The molecule has 1 aliphatic heterocycles. The molecule has 5 heteroatoms. The van der Waals surface area contributed by atoms with Crippen molar-refractivity contribution in [3.63, 3.8) is 0 Å². The molecule has 0 aromatic carbocycles. The lowest BCUT2D eigenvalue weighted by Crippen LogP contribution is -2.38. The highest BCUT2D eigenvalue weighted by Gasteiger charge is 2.31. The molecule has 61 valence electrons. The maximum atomic E-state index is 11.1. The first-order chi connectivity index (χ1) is 5.29. The third kappa shape index (κ3) is 1.48. The molecular weight excluding hydrogens is 148 g/mol. The molecular formula is C6H9N2O3. The van der Waals surface area contributed by atoms with Crippen molar-refractivity contribution >= 4 is 12.3 Å². The van der Waals surface area contributed by atoms with Gasteiger partial charge in [0.1, 0.15) is 12.6 Å². The van der Waals surface area contributed by atoms with E-state index < -0.39 is 6.04 Å². The number of likely N-dealkylation sites (N-methyl/N-ethyl adjacent to an activating group) is 1. The third-order valence-corrected chi connectivity index (χ3v) is 1.46. The molecule has 0 saturated carbocycles. The van der Waals surface area contributed by atoms with E-state index in [-0.39, 0.29) is 12.5 Å². The molecule has 0 spiro atoms. The third-order valence-electron chi connectivity index (χ3n) is 1.46. The lowest BCUT2D eigenvalue weighted by molar-refractivity contribution is -0.160. The number of carbonyl (C=O) groups is 1. The summed E-state index contributed by atoms with van der Waals surface area (Å²) >= 11 is 0. The summed E-state index contributed by atoms with van der Waals surface area (Å²) in [5, 5.41) is 3.45. The number of nitrogens with one attached hydrogen (secondary N) is 1. The van der Waals surface area contributed by atoms with E-state index in [9.17, 15) is 9.59 Å². The van der Waals surface area contributed by atoms with Gasteiger partial charge in [-0.15, -0.1) is 0 Å². The van der Waals surface area contributed by atoms with Crippen LogP contribution in [0.5, 0.6) is 0 Å². The molecule has 1 saturated heterocycles. The van der Waals surface area contributed by atoms with Crippen molar-refractivity contribution < 1.29 is 14.4 Å². The lowest BCUT2D eigenvalue weighted by atomic mass is 10.3. The van der Waals surface area contributed by atoms with Crippen molar-refractivity contribution in [2.75, 3.05) is 13.2 Å². The smallest absolute Gasteiger partial charge is 0.310 e. The van der Waals surface area contributed by atoms with Crippen LogP contribution in [0.4, 0.5) is 0 Å². The molecule has 0 aliphatic carbocycles. The standard InChI is InChI=1S/C6H9N2O3/c1-2-8-6(10)5(3-11-8)7-4-9/h5H,2-3H2,1H3,(H,7,9). The van der Waals surface area contributed by atoms with E-state index in [0.29, 0.717) is 6.54 Å². The van der Waals surface area contributed by atoms with Crippen molar-refractivity contribution in [3.05, 3.63) is 0 Å². The molecule has 5 nitrogen and oxygen atoms in total. The van der Waals surface area contributed by atoms with Gasteiger partial charge in [0.15, 0.2) is 0 Å². The van der Waals surface area contributed by atoms with Gasteiger partial charge in [-0.05, 0) is 6.92 Å². The fraction of sp³-hybridized carbons (Fsp3) is 0.667. The molecule has 1 N–H and O–H groups in total. The minimum Gasteiger partial charge on any atom is -0.334 e. The fourth-order valence-electron chi connectivity index (χ4n) is 0.895. The second-order valence-corrected chi connectivity index (χ2v) is 2.13. The van der Waals surface area contributed by atoms with Crippen molar-refractivity contribution in [1.82, 2.24) is 10.4 Å². The predicted octanol–water partition coefficient (Wildman–Crippen LogP) is -1.19. The first-order valence-electron chi connectivity index (χ1n) is 3.36. The van der Waals surface area contributed by atoms with Gasteiger partial charge in [-0.2, -0.15) is 0 Å². The van der Waals surface area contributed by atoms with E-state index in [2.05, 4.69) is 5.32 Å². The Bertz CT molecular complexity index is 171. The maximum absolute atomic E-state index is 11.1. The zero-order chi connectivity index (χ0) is 8.27. The Hall–Kier alpha value is -1.10. The van der Waals surface area contributed by atoms with Crippen LogP contribution in [0.2, 0.25) is 0 Å². The van der Waals surface area contributed by atoms with Gasteiger partial charge >= 0.3 is 6.41 Å². The molecule has 1 rings (SSSR count). The number of nitrogens with zero attached hydrogens (tertiary/aromatic N) is 1. The zero-order valence-electron chi connectivity index (χ0n) is 6.16. The zero-order valence-corrected chi connectivity index (χ0v) is 6.16. The van der Waals surface area contributed by atoms with Gasteiger partial charge in [-0.25, -0.2) is 5.06 Å². The topological polar surface area (TPSA) is 58.6 Å². The molecule has 1 aliphatic rings. The lowest BCUT2D eigenvalue weighted by Gasteiger charge is -2.09. The normalized spacial score (nSPS) is 23.9. The van der Waals surface area contributed by atoms with Crippen LogP contribution in [-0.4, -0.2) is 36.6 Å². The number of amides is 2. The summed E-state index contributed by atoms with van der Waals surface area (Å²) in [5.74, 6) is -0.212. The van der Waals surface area contributed by atoms with Crippen LogP contribution >= 0.6 is 0 Å². The van der Waals surface area contributed by atoms with Gasteiger partial charge in [0, 0.05) is 6.54 Å². The highest BCUT2D eigenvalue weighted by molar-refractivity contribution is 5.84. The van der Waals surface area contributed by atoms with E-state index in [1.807, 2.05) is 0 Å². The highest BCUT2D eigenvalue weighted by Crippen LogP contribution is 2.05. The van der Waals surface area contributed by atoms with Gasteiger partial charge in [0.05, 0.1) is 0 Å². The van der Waals surface area contributed by atoms with Crippen LogP contribution in [0.3, 0.4) is 0 Å². The van der Waals surface area contributed by atoms with Gasteiger partial charge in [-0.1, -0.05) is 0 Å². The van der Waals surface area contributed by atoms with Gasteiger partial charge in [0.25, 0.3) is 5.91 Å². The Kier molecular flexibility index (Phi) is 2.43. The Morgan fingerprint density at radius 3 is 3.09 bits per heavy atom. The van der Waals surface area contributed by atoms with Crippen LogP contribution in [-0.2, 0) is 14.4 Å². The highest BCUT2D eigenvalue weighted by atomic mass is 16.7. The number of hydrogen-bond acceptors (Lipinski definition) is 3. The molecule has 0 aromatic heterocycles. The summed E-state index contributed by atoms with van der Waals surface area (Å²) < 4.78 is 0. The number of carbonyl (C=O) groups excluding carboxylic acids is 2. The van der Waals surface area contributed by atoms with Crippen molar-refractivity contribution in [2.24, 2.45) is 0 Å². The average Bonchev–Trinajstić information content (AvgIpc) is 2.34. The molecule has 1 radical (unpaired) electrons. The first-order valence-corrected chi connectivity index (χ1v) is 3.36.